The highest BCUT2D eigenvalue weighted by atomic mass is 35.5. The van der Waals surface area contributed by atoms with E-state index in [0.717, 1.165) is 22.0 Å². The monoisotopic (exact) mass is 569 g/mol. The average Bonchev–Trinajstić information content (AvgIpc) is 3.14. The molecule has 1 fully saturated rings. The van der Waals surface area contributed by atoms with Crippen LogP contribution in [0.2, 0.25) is 10.0 Å². The van der Waals surface area contributed by atoms with E-state index in [1.165, 1.54) is 36.4 Å². The summed E-state index contributed by atoms with van der Waals surface area (Å²) in [6.07, 6.45) is 1.49. The number of benzene rings is 4. The van der Waals surface area contributed by atoms with Crippen molar-refractivity contribution in [2.45, 2.75) is 11.4 Å². The summed E-state index contributed by atoms with van der Waals surface area (Å²) in [7, 11) is -4.21. The molecule has 4 aromatic rings. The van der Waals surface area contributed by atoms with Gasteiger partial charge in [-0.05, 0) is 70.6 Å². The Morgan fingerprint density at radius 2 is 1.57 bits per heavy atom. The number of rotatable bonds is 6. The first-order valence-corrected chi connectivity index (χ1v) is 13.9. The minimum Gasteiger partial charge on any atom is -0.378 e. The number of imide groups is 1. The van der Waals surface area contributed by atoms with Gasteiger partial charge < -0.3 is 4.18 Å². The van der Waals surface area contributed by atoms with Crippen molar-refractivity contribution in [2.24, 2.45) is 0 Å². The van der Waals surface area contributed by atoms with Crippen LogP contribution in [0.15, 0.2) is 94.7 Å². The smallest absolute Gasteiger partial charge is 0.339 e. The zero-order valence-corrected chi connectivity index (χ0v) is 22.1. The van der Waals surface area contributed by atoms with Crippen LogP contribution < -0.4 is 4.18 Å². The summed E-state index contributed by atoms with van der Waals surface area (Å²) in [4.78, 5) is 27.1. The molecule has 0 atom stereocenters. The molecule has 0 aromatic heterocycles. The Bertz CT molecular complexity index is 1690. The van der Waals surface area contributed by atoms with Gasteiger partial charge >= 0.3 is 10.1 Å². The number of halogens is 2. The van der Waals surface area contributed by atoms with Crippen LogP contribution in [0.5, 0.6) is 5.75 Å². The Morgan fingerprint density at radius 1 is 0.865 bits per heavy atom. The average molecular weight is 570 g/mol. The second-order valence-corrected chi connectivity index (χ2v) is 11.4. The lowest BCUT2D eigenvalue weighted by Crippen LogP contribution is -2.27. The number of nitrogens with zero attached hydrogens (tertiary/aromatic N) is 1. The van der Waals surface area contributed by atoms with E-state index in [1.54, 1.807) is 42.5 Å². The molecule has 10 heteroatoms. The van der Waals surface area contributed by atoms with Crippen LogP contribution in [0.1, 0.15) is 11.1 Å². The minimum absolute atomic E-state index is 0.0194. The molecule has 5 rings (SSSR count). The lowest BCUT2D eigenvalue weighted by molar-refractivity contribution is -0.123. The van der Waals surface area contributed by atoms with Crippen LogP contribution in [-0.4, -0.2) is 24.5 Å². The molecule has 0 unspecified atom stereocenters. The van der Waals surface area contributed by atoms with E-state index in [1.807, 2.05) is 12.1 Å². The Kier molecular flexibility index (Phi) is 7.00. The topological polar surface area (TPSA) is 80.8 Å². The molecule has 1 saturated heterocycles. The molecular weight excluding hydrogens is 553 g/mol. The molecule has 0 radical (unpaired) electrons. The van der Waals surface area contributed by atoms with Gasteiger partial charge in [-0.15, -0.1) is 0 Å². The van der Waals surface area contributed by atoms with E-state index in [9.17, 15) is 18.0 Å². The third-order valence-electron chi connectivity index (χ3n) is 5.67. The third-order valence-corrected chi connectivity index (χ3v) is 8.44. The highest BCUT2D eigenvalue weighted by molar-refractivity contribution is 8.18. The van der Waals surface area contributed by atoms with E-state index in [-0.39, 0.29) is 22.1 Å². The standard InChI is InChI=1S/C27H17Cl2NO5S2/c28-19-10-12-20(13-11-19)37(33,34)35-24-14-9-17-5-1-3-7-21(17)22(24)15-25-26(31)30(27(32)36-25)16-18-6-2-4-8-23(18)29/h1-15H,16H2/b25-15-. The van der Waals surface area contributed by atoms with E-state index in [4.69, 9.17) is 27.4 Å². The molecule has 0 spiro atoms. The lowest BCUT2D eigenvalue weighted by atomic mass is 10.0. The fraction of sp³-hybridized carbons (Fsp3) is 0.0370. The van der Waals surface area contributed by atoms with E-state index < -0.39 is 21.3 Å². The number of carbonyl (C=O) groups is 2. The lowest BCUT2D eigenvalue weighted by Gasteiger charge is -2.14. The molecule has 0 bridgehead atoms. The van der Waals surface area contributed by atoms with Crippen molar-refractivity contribution >= 4 is 73.1 Å². The van der Waals surface area contributed by atoms with Gasteiger partial charge in [0.2, 0.25) is 0 Å². The molecular formula is C27H17Cl2NO5S2. The Labute approximate surface area is 227 Å². The Morgan fingerprint density at radius 3 is 2.32 bits per heavy atom. The van der Waals surface area contributed by atoms with Gasteiger partial charge in [0, 0.05) is 15.6 Å². The predicted molar refractivity (Wildman–Crippen MR) is 146 cm³/mol. The van der Waals surface area contributed by atoms with Crippen LogP contribution in [0.3, 0.4) is 0 Å². The summed E-state index contributed by atoms with van der Waals surface area (Å²) in [5, 5.41) is 1.85. The van der Waals surface area contributed by atoms with Gasteiger partial charge in [-0.3, -0.25) is 14.5 Å². The fourth-order valence-corrected chi connectivity index (χ4v) is 5.92. The van der Waals surface area contributed by atoms with Gasteiger partial charge in [0.15, 0.2) is 5.75 Å². The summed E-state index contributed by atoms with van der Waals surface area (Å²) in [6, 6.07) is 23.1. The number of fused-ring (bicyclic) bond motifs is 1. The van der Waals surface area contributed by atoms with Crippen molar-refractivity contribution in [3.63, 3.8) is 0 Å². The van der Waals surface area contributed by atoms with Gasteiger partial charge in [0.1, 0.15) is 4.90 Å². The largest absolute Gasteiger partial charge is 0.378 e. The third kappa shape index (κ3) is 5.24. The molecule has 186 valence electrons. The summed E-state index contributed by atoms with van der Waals surface area (Å²) in [5.74, 6) is -0.485. The van der Waals surface area contributed by atoms with Gasteiger partial charge in [0.25, 0.3) is 11.1 Å². The maximum Gasteiger partial charge on any atom is 0.339 e. The normalized spacial score (nSPS) is 15.1. The second-order valence-electron chi connectivity index (χ2n) is 8.05. The first kappa shape index (κ1) is 25.4. The number of thioether (sulfide) groups is 1. The van der Waals surface area contributed by atoms with E-state index in [2.05, 4.69) is 0 Å². The summed E-state index contributed by atoms with van der Waals surface area (Å²) in [5.41, 5.74) is 0.995. The Hall–Kier alpha value is -3.30. The van der Waals surface area contributed by atoms with Crippen molar-refractivity contribution in [1.29, 1.82) is 0 Å². The molecule has 4 aromatic carbocycles. The summed E-state index contributed by atoms with van der Waals surface area (Å²) < 4.78 is 31.5. The zero-order valence-electron chi connectivity index (χ0n) is 18.9. The van der Waals surface area contributed by atoms with Crippen LogP contribution in [0.25, 0.3) is 16.8 Å². The minimum atomic E-state index is -4.21. The molecule has 6 nitrogen and oxygen atoms in total. The molecule has 0 aliphatic carbocycles. The number of amides is 2. The fourth-order valence-electron chi connectivity index (χ4n) is 3.83. The molecule has 2 amide bonds. The number of carbonyl (C=O) groups excluding carboxylic acids is 2. The zero-order chi connectivity index (χ0) is 26.2. The van der Waals surface area contributed by atoms with Gasteiger partial charge in [-0.2, -0.15) is 8.42 Å². The van der Waals surface area contributed by atoms with E-state index in [0.29, 0.717) is 26.6 Å². The van der Waals surface area contributed by atoms with Crippen molar-refractivity contribution in [2.75, 3.05) is 0 Å². The second kappa shape index (κ2) is 10.2. The van der Waals surface area contributed by atoms with Crippen molar-refractivity contribution in [3.8, 4) is 5.75 Å². The van der Waals surface area contributed by atoms with E-state index >= 15 is 0 Å². The predicted octanol–water partition coefficient (Wildman–Crippen LogP) is 7.15. The van der Waals surface area contributed by atoms with Gasteiger partial charge in [-0.25, -0.2) is 0 Å². The highest BCUT2D eigenvalue weighted by Gasteiger charge is 2.36. The summed E-state index contributed by atoms with van der Waals surface area (Å²) >= 11 is 12.9. The van der Waals surface area contributed by atoms with Crippen LogP contribution in [0.4, 0.5) is 4.79 Å². The summed E-state index contributed by atoms with van der Waals surface area (Å²) in [6.45, 7) is 0.0194. The quantitative estimate of drug-likeness (QED) is 0.181. The van der Waals surface area contributed by atoms with Gasteiger partial charge in [0.05, 0.1) is 11.4 Å². The van der Waals surface area contributed by atoms with Crippen LogP contribution in [0, 0.1) is 0 Å². The first-order chi connectivity index (χ1) is 17.7. The number of hydrogen-bond acceptors (Lipinski definition) is 6. The SMILES string of the molecule is O=C1S/C(=C\c2c(OS(=O)(=O)c3ccc(Cl)cc3)ccc3ccccc23)C(=O)N1Cc1ccccc1Cl. The molecule has 1 aliphatic rings. The molecule has 37 heavy (non-hydrogen) atoms. The van der Waals surface area contributed by atoms with Crippen molar-refractivity contribution < 1.29 is 22.2 Å². The van der Waals surface area contributed by atoms with Crippen molar-refractivity contribution in [1.82, 2.24) is 4.90 Å². The molecule has 1 heterocycles. The molecule has 0 N–H and O–H groups in total. The van der Waals surface area contributed by atoms with Crippen LogP contribution in [-0.2, 0) is 21.5 Å². The van der Waals surface area contributed by atoms with Gasteiger partial charge in [-0.1, -0.05) is 71.7 Å². The molecule has 1 aliphatic heterocycles. The molecule has 0 saturated carbocycles. The maximum absolute atomic E-state index is 13.2. The maximum atomic E-state index is 13.2. The van der Waals surface area contributed by atoms with Crippen molar-refractivity contribution in [3.05, 3.63) is 111 Å². The first-order valence-electron chi connectivity index (χ1n) is 10.9. The van der Waals surface area contributed by atoms with Crippen LogP contribution >= 0.6 is 35.0 Å². The number of hydrogen-bond donors (Lipinski definition) is 0. The Balaban J connectivity index is 1.55. The highest BCUT2D eigenvalue weighted by Crippen LogP contribution is 2.38.